The monoisotopic (exact) mass is 398 g/mol. The molecule has 0 heterocycles. The van der Waals surface area contributed by atoms with Crippen LogP contribution >= 0.6 is 0 Å². The van der Waals surface area contributed by atoms with Crippen molar-refractivity contribution in [1.29, 1.82) is 0 Å². The van der Waals surface area contributed by atoms with Crippen molar-refractivity contribution in [2.45, 2.75) is 72.3 Å². The van der Waals surface area contributed by atoms with Crippen molar-refractivity contribution in [2.24, 2.45) is 5.41 Å². The van der Waals surface area contributed by atoms with E-state index < -0.39 is 18.0 Å². The van der Waals surface area contributed by atoms with Crippen LogP contribution in [0.3, 0.4) is 0 Å². The third-order valence-corrected chi connectivity index (χ3v) is 5.84. The standard InChI is InChI=1S/C25H34O4/c1-18(13-15-21-19(2)10-9-17-25(21,3)4)14-16-22(26)29-23(24(27)28-5)20-11-7-6-8-12-20/h6-8,11-12,14,23H,9-10,13,15-17H2,1-5H3/b18-14+/t23-/m1/s1. The Bertz CT molecular complexity index is 771. The molecule has 1 aliphatic carbocycles. The van der Waals surface area contributed by atoms with Crippen molar-refractivity contribution in [1.82, 2.24) is 0 Å². The lowest BCUT2D eigenvalue weighted by molar-refractivity contribution is -0.166. The summed E-state index contributed by atoms with van der Waals surface area (Å²) in [5, 5.41) is 0. The minimum absolute atomic E-state index is 0.146. The van der Waals surface area contributed by atoms with E-state index >= 15 is 0 Å². The number of rotatable bonds is 8. The molecule has 0 saturated heterocycles. The Hall–Kier alpha value is -2.36. The van der Waals surface area contributed by atoms with E-state index in [1.807, 2.05) is 19.1 Å². The van der Waals surface area contributed by atoms with Gasteiger partial charge in [-0.1, -0.05) is 67.0 Å². The number of hydrogen-bond acceptors (Lipinski definition) is 4. The van der Waals surface area contributed by atoms with Crippen LogP contribution in [0, 0.1) is 5.41 Å². The molecule has 158 valence electrons. The molecular weight excluding hydrogens is 364 g/mol. The molecule has 0 amide bonds. The minimum Gasteiger partial charge on any atom is -0.466 e. The van der Waals surface area contributed by atoms with Gasteiger partial charge in [0.25, 0.3) is 0 Å². The van der Waals surface area contributed by atoms with Crippen LogP contribution in [0.15, 0.2) is 53.1 Å². The van der Waals surface area contributed by atoms with Crippen LogP contribution in [0.1, 0.15) is 77.9 Å². The van der Waals surface area contributed by atoms with Crippen molar-refractivity contribution < 1.29 is 19.1 Å². The van der Waals surface area contributed by atoms with Gasteiger partial charge in [-0.15, -0.1) is 0 Å². The van der Waals surface area contributed by atoms with E-state index in [1.165, 1.54) is 31.9 Å². The van der Waals surface area contributed by atoms with Crippen molar-refractivity contribution in [2.75, 3.05) is 7.11 Å². The number of benzene rings is 1. The van der Waals surface area contributed by atoms with E-state index in [0.717, 1.165) is 18.4 Å². The molecule has 1 aliphatic rings. The topological polar surface area (TPSA) is 52.6 Å². The highest BCUT2D eigenvalue weighted by atomic mass is 16.6. The summed E-state index contributed by atoms with van der Waals surface area (Å²) in [4.78, 5) is 24.4. The molecule has 0 bridgehead atoms. The molecule has 1 atom stereocenters. The van der Waals surface area contributed by atoms with Crippen LogP contribution in [0.5, 0.6) is 0 Å². The fourth-order valence-corrected chi connectivity index (χ4v) is 4.08. The number of carbonyl (C=O) groups is 2. The Morgan fingerprint density at radius 3 is 2.52 bits per heavy atom. The molecule has 0 aliphatic heterocycles. The fraction of sp³-hybridized carbons (Fsp3) is 0.520. The first-order chi connectivity index (χ1) is 13.7. The molecule has 0 spiro atoms. The SMILES string of the molecule is COC(=O)[C@H](OC(=O)C/C=C(\C)CCC1=C(C)CCCC1(C)C)c1ccccc1. The molecular formula is C25H34O4. The summed E-state index contributed by atoms with van der Waals surface area (Å²) in [5.74, 6) is -1.01. The minimum atomic E-state index is -1.03. The summed E-state index contributed by atoms with van der Waals surface area (Å²) >= 11 is 0. The normalized spacial score (nSPS) is 17.6. The summed E-state index contributed by atoms with van der Waals surface area (Å²) in [6.45, 7) is 8.97. The van der Waals surface area contributed by atoms with Gasteiger partial charge in [0.1, 0.15) is 0 Å². The summed E-state index contributed by atoms with van der Waals surface area (Å²) in [5.41, 5.74) is 5.13. The summed E-state index contributed by atoms with van der Waals surface area (Å²) in [7, 11) is 1.29. The zero-order chi connectivity index (χ0) is 21.4. The van der Waals surface area contributed by atoms with Crippen LogP contribution in [-0.4, -0.2) is 19.0 Å². The van der Waals surface area contributed by atoms with E-state index in [4.69, 9.17) is 9.47 Å². The molecule has 1 aromatic carbocycles. The second kappa shape index (κ2) is 10.4. The van der Waals surface area contributed by atoms with Gasteiger partial charge < -0.3 is 9.47 Å². The van der Waals surface area contributed by atoms with Crippen LogP contribution in [0.4, 0.5) is 0 Å². The molecule has 4 nitrogen and oxygen atoms in total. The number of hydrogen-bond donors (Lipinski definition) is 0. The maximum atomic E-state index is 12.3. The third-order valence-electron chi connectivity index (χ3n) is 5.84. The lowest BCUT2D eigenvalue weighted by Gasteiger charge is -2.34. The van der Waals surface area contributed by atoms with Crippen molar-refractivity contribution in [3.63, 3.8) is 0 Å². The van der Waals surface area contributed by atoms with Crippen molar-refractivity contribution >= 4 is 11.9 Å². The van der Waals surface area contributed by atoms with Crippen LogP contribution < -0.4 is 0 Å². The zero-order valence-corrected chi connectivity index (χ0v) is 18.4. The predicted octanol–water partition coefficient (Wildman–Crippen LogP) is 6.09. The average molecular weight is 399 g/mol. The van der Waals surface area contributed by atoms with Crippen LogP contribution in [0.25, 0.3) is 0 Å². The lowest BCUT2D eigenvalue weighted by Crippen LogP contribution is -2.21. The van der Waals surface area contributed by atoms with Crippen molar-refractivity contribution in [3.8, 4) is 0 Å². The summed E-state index contributed by atoms with van der Waals surface area (Å²) in [6.07, 6.45) is 6.70. The molecule has 0 radical (unpaired) electrons. The maximum absolute atomic E-state index is 12.3. The Kier molecular flexibility index (Phi) is 8.24. The summed E-state index contributed by atoms with van der Waals surface area (Å²) < 4.78 is 10.2. The molecule has 0 aromatic heterocycles. The molecule has 0 saturated carbocycles. The maximum Gasteiger partial charge on any atom is 0.351 e. The van der Waals surface area contributed by atoms with E-state index in [0.29, 0.717) is 5.56 Å². The number of ether oxygens (including phenoxy) is 2. The second-order valence-corrected chi connectivity index (χ2v) is 8.55. The molecule has 0 unspecified atom stereocenters. The average Bonchev–Trinajstić information content (AvgIpc) is 2.69. The first-order valence-corrected chi connectivity index (χ1v) is 10.4. The van der Waals surface area contributed by atoms with Gasteiger partial charge >= 0.3 is 11.9 Å². The van der Waals surface area contributed by atoms with E-state index in [2.05, 4.69) is 20.8 Å². The van der Waals surface area contributed by atoms with Gasteiger partial charge in [-0.3, -0.25) is 4.79 Å². The molecule has 2 rings (SSSR count). The zero-order valence-electron chi connectivity index (χ0n) is 18.4. The largest absolute Gasteiger partial charge is 0.466 e. The number of allylic oxidation sites excluding steroid dienone is 3. The highest BCUT2D eigenvalue weighted by Gasteiger charge is 2.28. The molecule has 29 heavy (non-hydrogen) atoms. The molecule has 0 N–H and O–H groups in total. The second-order valence-electron chi connectivity index (χ2n) is 8.55. The van der Waals surface area contributed by atoms with Gasteiger partial charge in [0, 0.05) is 5.56 Å². The van der Waals surface area contributed by atoms with Gasteiger partial charge in [0.2, 0.25) is 6.10 Å². The van der Waals surface area contributed by atoms with E-state index in [1.54, 1.807) is 29.8 Å². The number of methoxy groups -OCH3 is 1. The van der Waals surface area contributed by atoms with Gasteiger partial charge in [-0.2, -0.15) is 0 Å². The molecule has 4 heteroatoms. The third kappa shape index (κ3) is 6.59. The van der Waals surface area contributed by atoms with Gasteiger partial charge in [0.15, 0.2) is 0 Å². The van der Waals surface area contributed by atoms with Gasteiger partial charge in [0.05, 0.1) is 13.5 Å². The van der Waals surface area contributed by atoms with Crippen LogP contribution in [0.2, 0.25) is 0 Å². The Morgan fingerprint density at radius 2 is 1.90 bits per heavy atom. The number of esters is 2. The smallest absolute Gasteiger partial charge is 0.351 e. The Labute approximate surface area is 175 Å². The first kappa shape index (κ1) is 22.9. The lowest BCUT2D eigenvalue weighted by atomic mass is 9.71. The Morgan fingerprint density at radius 1 is 1.21 bits per heavy atom. The van der Waals surface area contributed by atoms with Gasteiger partial charge in [-0.25, -0.2) is 4.79 Å². The van der Waals surface area contributed by atoms with Crippen LogP contribution in [-0.2, 0) is 19.1 Å². The van der Waals surface area contributed by atoms with Gasteiger partial charge in [-0.05, 0) is 51.4 Å². The highest BCUT2D eigenvalue weighted by molar-refractivity contribution is 5.81. The quantitative estimate of drug-likeness (QED) is 0.393. The molecule has 1 aromatic rings. The van der Waals surface area contributed by atoms with E-state index in [-0.39, 0.29) is 11.8 Å². The fourth-order valence-electron chi connectivity index (χ4n) is 4.08. The Balaban J connectivity index is 1.94. The first-order valence-electron chi connectivity index (χ1n) is 10.4. The van der Waals surface area contributed by atoms with E-state index in [9.17, 15) is 9.59 Å². The number of carbonyl (C=O) groups excluding carboxylic acids is 2. The van der Waals surface area contributed by atoms with Crippen molar-refractivity contribution in [3.05, 3.63) is 58.7 Å². The highest BCUT2D eigenvalue weighted by Crippen LogP contribution is 2.42. The predicted molar refractivity (Wildman–Crippen MR) is 115 cm³/mol. The summed E-state index contributed by atoms with van der Waals surface area (Å²) in [6, 6.07) is 8.94. The molecule has 0 fully saturated rings.